The number of halogens is 1. The maximum atomic E-state index is 12.8. The average molecular weight is 461 g/mol. The predicted octanol–water partition coefficient (Wildman–Crippen LogP) is 3.39. The summed E-state index contributed by atoms with van der Waals surface area (Å²) in [5.41, 5.74) is 2.10. The minimum absolute atomic E-state index is 0.275. The SMILES string of the molecule is CCOC(=O)C1=C(CN2CCN(c3ccccc3Cl)CC2)NC(=O)NC1c1cccs1. The van der Waals surface area contributed by atoms with E-state index in [9.17, 15) is 9.59 Å². The van der Waals surface area contributed by atoms with Gasteiger partial charge in [0, 0.05) is 43.3 Å². The van der Waals surface area contributed by atoms with Gasteiger partial charge in [0.2, 0.25) is 0 Å². The topological polar surface area (TPSA) is 73.9 Å². The summed E-state index contributed by atoms with van der Waals surface area (Å²) in [5, 5.41) is 8.40. The van der Waals surface area contributed by atoms with Crippen molar-refractivity contribution in [2.24, 2.45) is 0 Å². The van der Waals surface area contributed by atoms with Crippen LogP contribution in [0.4, 0.5) is 10.5 Å². The standard InChI is InChI=1S/C22H25ClN4O3S/c1-2-30-21(28)19-16(24-22(29)25-20(19)18-8-5-13-31-18)14-26-9-11-27(12-10-26)17-7-4-3-6-15(17)23/h3-8,13,20H,2,9-12,14H2,1H3,(H2,24,25,29). The van der Waals surface area contributed by atoms with Gasteiger partial charge in [0.1, 0.15) is 0 Å². The third kappa shape index (κ3) is 4.87. The number of amides is 2. The van der Waals surface area contributed by atoms with Crippen LogP contribution in [-0.4, -0.2) is 56.2 Å². The third-order valence-electron chi connectivity index (χ3n) is 5.42. The van der Waals surface area contributed by atoms with Crippen LogP contribution in [0.3, 0.4) is 0 Å². The number of urea groups is 1. The summed E-state index contributed by atoms with van der Waals surface area (Å²) in [7, 11) is 0. The average Bonchev–Trinajstić information content (AvgIpc) is 3.29. The fourth-order valence-corrected chi connectivity index (χ4v) is 4.98. The Labute approximate surface area is 190 Å². The summed E-state index contributed by atoms with van der Waals surface area (Å²) in [5.74, 6) is -0.405. The van der Waals surface area contributed by atoms with Gasteiger partial charge in [0.15, 0.2) is 0 Å². The highest BCUT2D eigenvalue weighted by molar-refractivity contribution is 7.10. The largest absolute Gasteiger partial charge is 0.463 e. The van der Waals surface area contributed by atoms with Gasteiger partial charge in [0.25, 0.3) is 0 Å². The van der Waals surface area contributed by atoms with Crippen LogP contribution in [0.1, 0.15) is 17.8 Å². The fraction of sp³-hybridized carbons (Fsp3) is 0.364. The molecule has 0 spiro atoms. The molecule has 2 N–H and O–H groups in total. The number of carbonyl (C=O) groups excluding carboxylic acids is 2. The highest BCUT2D eigenvalue weighted by Gasteiger charge is 2.35. The number of nitrogens with one attached hydrogen (secondary N) is 2. The Bertz CT molecular complexity index is 971. The number of anilines is 1. The molecule has 31 heavy (non-hydrogen) atoms. The molecule has 1 saturated heterocycles. The molecule has 2 aromatic rings. The normalized spacial score (nSPS) is 19.7. The highest BCUT2D eigenvalue weighted by Crippen LogP contribution is 2.31. The second-order valence-electron chi connectivity index (χ2n) is 7.37. The van der Waals surface area contributed by atoms with Gasteiger partial charge in [-0.05, 0) is 30.5 Å². The van der Waals surface area contributed by atoms with Crippen LogP contribution in [-0.2, 0) is 9.53 Å². The summed E-state index contributed by atoms with van der Waals surface area (Å²) in [6, 6.07) is 10.8. The molecule has 0 bridgehead atoms. The van der Waals surface area contributed by atoms with E-state index in [0.717, 1.165) is 41.8 Å². The number of benzene rings is 1. The molecule has 0 aliphatic carbocycles. The van der Waals surface area contributed by atoms with Crippen molar-refractivity contribution in [1.29, 1.82) is 0 Å². The molecule has 4 rings (SSSR count). The molecule has 2 aliphatic rings. The maximum absolute atomic E-state index is 12.8. The van der Waals surface area contributed by atoms with Crippen molar-refractivity contribution in [2.45, 2.75) is 13.0 Å². The Morgan fingerprint density at radius 2 is 1.97 bits per heavy atom. The van der Waals surface area contributed by atoms with Crippen LogP contribution in [0.15, 0.2) is 53.0 Å². The van der Waals surface area contributed by atoms with Gasteiger partial charge in [-0.25, -0.2) is 9.59 Å². The van der Waals surface area contributed by atoms with E-state index in [4.69, 9.17) is 16.3 Å². The lowest BCUT2D eigenvalue weighted by Crippen LogP contribution is -2.51. The number of thiophene rings is 1. The van der Waals surface area contributed by atoms with Gasteiger partial charge in [-0.1, -0.05) is 29.8 Å². The molecule has 2 aliphatic heterocycles. The molecule has 3 heterocycles. The quantitative estimate of drug-likeness (QED) is 0.646. The summed E-state index contributed by atoms with van der Waals surface area (Å²) >= 11 is 7.85. The van der Waals surface area contributed by atoms with Gasteiger partial charge in [-0.3, -0.25) is 4.90 Å². The lowest BCUT2D eigenvalue weighted by atomic mass is 10.0. The number of ether oxygens (including phenoxy) is 1. The van der Waals surface area contributed by atoms with Crippen molar-refractivity contribution in [3.8, 4) is 0 Å². The Hall–Kier alpha value is -2.55. The van der Waals surface area contributed by atoms with Crippen LogP contribution in [0.2, 0.25) is 5.02 Å². The molecule has 2 amide bonds. The number of rotatable bonds is 6. The van der Waals surface area contributed by atoms with E-state index >= 15 is 0 Å². The van der Waals surface area contributed by atoms with Crippen molar-refractivity contribution in [2.75, 3.05) is 44.2 Å². The third-order valence-corrected chi connectivity index (χ3v) is 6.68. The lowest BCUT2D eigenvalue weighted by molar-refractivity contribution is -0.139. The summed E-state index contributed by atoms with van der Waals surface area (Å²) in [6.07, 6.45) is 0. The van der Waals surface area contributed by atoms with Crippen LogP contribution in [0.25, 0.3) is 0 Å². The number of piperazine rings is 1. The molecular formula is C22H25ClN4O3S. The van der Waals surface area contributed by atoms with Crippen molar-refractivity contribution in [3.05, 3.63) is 62.9 Å². The van der Waals surface area contributed by atoms with E-state index in [1.54, 1.807) is 6.92 Å². The van der Waals surface area contributed by atoms with Crippen molar-refractivity contribution in [3.63, 3.8) is 0 Å². The first-order valence-electron chi connectivity index (χ1n) is 10.3. The highest BCUT2D eigenvalue weighted by atomic mass is 35.5. The van der Waals surface area contributed by atoms with E-state index in [-0.39, 0.29) is 12.6 Å². The van der Waals surface area contributed by atoms with Gasteiger partial charge >= 0.3 is 12.0 Å². The number of hydrogen-bond acceptors (Lipinski definition) is 6. The summed E-state index contributed by atoms with van der Waals surface area (Å²) in [4.78, 5) is 30.6. The first kappa shape index (κ1) is 21.7. The van der Waals surface area contributed by atoms with Gasteiger partial charge < -0.3 is 20.3 Å². The zero-order valence-corrected chi connectivity index (χ0v) is 18.8. The smallest absolute Gasteiger partial charge is 0.338 e. The maximum Gasteiger partial charge on any atom is 0.338 e. The van der Waals surface area contributed by atoms with Gasteiger partial charge in [0.05, 0.1) is 28.9 Å². The Balaban J connectivity index is 1.53. The first-order chi connectivity index (χ1) is 15.1. The van der Waals surface area contributed by atoms with Gasteiger partial charge in [-0.15, -0.1) is 11.3 Å². The number of nitrogens with zero attached hydrogens (tertiary/aromatic N) is 2. The minimum atomic E-state index is -0.507. The predicted molar refractivity (Wildman–Crippen MR) is 122 cm³/mol. The number of esters is 1. The Morgan fingerprint density at radius 1 is 1.19 bits per heavy atom. The molecule has 1 aromatic carbocycles. The molecule has 0 radical (unpaired) electrons. The number of para-hydroxylation sites is 1. The van der Waals surface area contributed by atoms with Crippen molar-refractivity contribution in [1.82, 2.24) is 15.5 Å². The lowest BCUT2D eigenvalue weighted by Gasteiger charge is -2.38. The number of carbonyl (C=O) groups is 2. The minimum Gasteiger partial charge on any atom is -0.463 e. The zero-order valence-electron chi connectivity index (χ0n) is 17.3. The van der Waals surface area contributed by atoms with Crippen molar-refractivity contribution < 1.29 is 14.3 Å². The second kappa shape index (κ2) is 9.72. The number of hydrogen-bond donors (Lipinski definition) is 2. The molecule has 9 heteroatoms. The van der Waals surface area contributed by atoms with Crippen molar-refractivity contribution >= 4 is 40.6 Å². The van der Waals surface area contributed by atoms with E-state index < -0.39 is 12.0 Å². The van der Waals surface area contributed by atoms with E-state index in [0.29, 0.717) is 17.8 Å². The monoisotopic (exact) mass is 460 g/mol. The Kier molecular flexibility index (Phi) is 6.80. The molecule has 1 fully saturated rings. The first-order valence-corrected chi connectivity index (χ1v) is 11.6. The van der Waals surface area contributed by atoms with Crippen LogP contribution in [0.5, 0.6) is 0 Å². The molecule has 0 saturated carbocycles. The van der Waals surface area contributed by atoms with E-state index in [1.807, 2.05) is 41.8 Å². The van der Waals surface area contributed by atoms with Crippen LogP contribution < -0.4 is 15.5 Å². The summed E-state index contributed by atoms with van der Waals surface area (Å²) < 4.78 is 5.33. The molecule has 7 nitrogen and oxygen atoms in total. The summed E-state index contributed by atoms with van der Waals surface area (Å²) in [6.45, 7) is 5.73. The fourth-order valence-electron chi connectivity index (χ4n) is 3.94. The molecular weight excluding hydrogens is 436 g/mol. The molecule has 164 valence electrons. The zero-order chi connectivity index (χ0) is 21.8. The second-order valence-corrected chi connectivity index (χ2v) is 8.76. The molecule has 1 aromatic heterocycles. The van der Waals surface area contributed by atoms with E-state index in [2.05, 4.69) is 20.4 Å². The van der Waals surface area contributed by atoms with Crippen LogP contribution in [0, 0.1) is 0 Å². The van der Waals surface area contributed by atoms with Gasteiger partial charge in [-0.2, -0.15) is 0 Å². The molecule has 1 atom stereocenters. The van der Waals surface area contributed by atoms with Crippen LogP contribution >= 0.6 is 22.9 Å². The molecule has 1 unspecified atom stereocenters. The Morgan fingerprint density at radius 3 is 2.65 bits per heavy atom. The van der Waals surface area contributed by atoms with E-state index in [1.165, 1.54) is 11.3 Å².